The molecule has 0 fully saturated rings. The number of benzene rings is 2. The Labute approximate surface area is 142 Å². The van der Waals surface area contributed by atoms with E-state index in [-0.39, 0.29) is 24.7 Å². The molecule has 1 amide bonds. The van der Waals surface area contributed by atoms with Crippen LogP contribution in [0.3, 0.4) is 0 Å². The van der Waals surface area contributed by atoms with Crippen molar-refractivity contribution in [1.82, 2.24) is 5.32 Å². The molecule has 0 saturated carbocycles. The minimum atomic E-state index is -1.02. The Bertz CT molecular complexity index is 697. The molecule has 0 bridgehead atoms. The first kappa shape index (κ1) is 17.7. The van der Waals surface area contributed by atoms with Crippen molar-refractivity contribution in [2.24, 2.45) is 0 Å². The van der Waals surface area contributed by atoms with Gasteiger partial charge in [-0.1, -0.05) is 61.5 Å². The van der Waals surface area contributed by atoms with E-state index in [0.29, 0.717) is 0 Å². The summed E-state index contributed by atoms with van der Waals surface area (Å²) in [4.78, 5) is 23.7. The summed E-state index contributed by atoms with van der Waals surface area (Å²) in [6.45, 7) is 3.99. The number of carbonyl (C=O) groups is 2. The summed E-state index contributed by atoms with van der Waals surface area (Å²) in [6.07, 6.45) is 0.546. The Morgan fingerprint density at radius 3 is 2.29 bits per heavy atom. The van der Waals surface area contributed by atoms with Gasteiger partial charge in [0.15, 0.2) is 0 Å². The second kappa shape index (κ2) is 8.29. The molecule has 2 N–H and O–H groups in total. The van der Waals surface area contributed by atoms with Gasteiger partial charge in [-0.05, 0) is 29.5 Å². The first-order chi connectivity index (χ1) is 11.5. The van der Waals surface area contributed by atoms with Gasteiger partial charge in [0.1, 0.15) is 6.04 Å². The van der Waals surface area contributed by atoms with Crippen molar-refractivity contribution in [3.05, 3.63) is 71.3 Å². The van der Waals surface area contributed by atoms with Gasteiger partial charge in [-0.3, -0.25) is 4.79 Å². The van der Waals surface area contributed by atoms with Crippen LogP contribution in [-0.4, -0.2) is 23.0 Å². The van der Waals surface area contributed by atoms with Crippen molar-refractivity contribution in [3.8, 4) is 0 Å². The van der Waals surface area contributed by atoms with E-state index in [2.05, 4.69) is 5.32 Å². The third-order valence-electron chi connectivity index (χ3n) is 4.13. The fourth-order valence-corrected chi connectivity index (χ4v) is 2.83. The van der Waals surface area contributed by atoms with Crippen LogP contribution >= 0.6 is 0 Å². The third kappa shape index (κ3) is 4.95. The van der Waals surface area contributed by atoms with Gasteiger partial charge in [-0.25, -0.2) is 4.79 Å². The molecule has 0 aliphatic carbocycles. The molecule has 0 saturated heterocycles. The van der Waals surface area contributed by atoms with Gasteiger partial charge in [0.2, 0.25) is 5.91 Å². The van der Waals surface area contributed by atoms with Gasteiger partial charge in [0.05, 0.1) is 0 Å². The van der Waals surface area contributed by atoms with Crippen LogP contribution in [0.4, 0.5) is 0 Å². The average molecular weight is 325 g/mol. The maximum absolute atomic E-state index is 12.3. The zero-order valence-corrected chi connectivity index (χ0v) is 14.0. The maximum Gasteiger partial charge on any atom is 0.326 e. The number of amides is 1. The highest BCUT2D eigenvalue weighted by molar-refractivity contribution is 5.84. The molecule has 126 valence electrons. The zero-order chi connectivity index (χ0) is 17.5. The van der Waals surface area contributed by atoms with E-state index in [0.717, 1.165) is 16.7 Å². The largest absolute Gasteiger partial charge is 0.480 e. The highest BCUT2D eigenvalue weighted by Gasteiger charge is 2.22. The number of carboxylic acids is 1. The summed E-state index contributed by atoms with van der Waals surface area (Å²) in [5, 5.41) is 12.0. The van der Waals surface area contributed by atoms with E-state index in [1.54, 1.807) is 0 Å². The second-order valence-corrected chi connectivity index (χ2v) is 6.11. The summed E-state index contributed by atoms with van der Waals surface area (Å²) in [7, 11) is 0. The van der Waals surface area contributed by atoms with E-state index >= 15 is 0 Å². The van der Waals surface area contributed by atoms with E-state index in [1.165, 1.54) is 0 Å². The summed E-state index contributed by atoms with van der Waals surface area (Å²) in [5.41, 5.74) is 3.14. The van der Waals surface area contributed by atoms with E-state index in [9.17, 15) is 14.7 Å². The molecule has 2 rings (SSSR count). The predicted molar refractivity (Wildman–Crippen MR) is 93.9 cm³/mol. The molecular formula is C20H23NO3. The molecular weight excluding hydrogens is 302 g/mol. The average Bonchev–Trinajstić information content (AvgIpc) is 2.55. The molecule has 0 radical (unpaired) electrons. The molecule has 2 atom stereocenters. The van der Waals surface area contributed by atoms with E-state index < -0.39 is 12.0 Å². The normalized spacial score (nSPS) is 13.1. The lowest BCUT2D eigenvalue weighted by molar-refractivity contribution is -0.141. The molecule has 0 aliphatic heterocycles. The van der Waals surface area contributed by atoms with Crippen LogP contribution in [0.1, 0.15) is 36.0 Å². The van der Waals surface area contributed by atoms with Crippen molar-refractivity contribution >= 4 is 11.9 Å². The maximum atomic E-state index is 12.3. The number of nitrogens with one attached hydrogen (secondary N) is 1. The molecule has 0 heterocycles. The highest BCUT2D eigenvalue weighted by Crippen LogP contribution is 2.22. The number of hydrogen-bond donors (Lipinski definition) is 2. The zero-order valence-electron chi connectivity index (χ0n) is 14.0. The second-order valence-electron chi connectivity index (χ2n) is 6.11. The summed E-state index contributed by atoms with van der Waals surface area (Å²) < 4.78 is 0. The van der Waals surface area contributed by atoms with Crippen molar-refractivity contribution in [2.45, 2.75) is 38.6 Å². The fraction of sp³-hybridized carbons (Fsp3) is 0.300. The molecule has 0 aliphatic rings. The summed E-state index contributed by atoms with van der Waals surface area (Å²) in [5.74, 6) is -1.22. The van der Waals surface area contributed by atoms with Crippen LogP contribution in [-0.2, 0) is 16.0 Å². The minimum Gasteiger partial charge on any atom is -0.480 e. The lowest BCUT2D eigenvalue weighted by Gasteiger charge is -2.18. The smallest absolute Gasteiger partial charge is 0.326 e. The number of aryl methyl sites for hydroxylation is 1. The Morgan fingerprint density at radius 2 is 1.67 bits per heavy atom. The Morgan fingerprint density at radius 1 is 1.04 bits per heavy atom. The Balaban J connectivity index is 1.98. The molecule has 0 spiro atoms. The van der Waals surface area contributed by atoms with Crippen LogP contribution in [0.15, 0.2) is 54.6 Å². The first-order valence-corrected chi connectivity index (χ1v) is 8.09. The summed E-state index contributed by atoms with van der Waals surface area (Å²) >= 11 is 0. The Hall–Kier alpha value is -2.62. The fourth-order valence-electron chi connectivity index (χ4n) is 2.83. The van der Waals surface area contributed by atoms with Crippen LogP contribution in [0.2, 0.25) is 0 Å². The van der Waals surface area contributed by atoms with Crippen LogP contribution < -0.4 is 5.32 Å². The van der Waals surface area contributed by atoms with Crippen molar-refractivity contribution in [3.63, 3.8) is 0 Å². The van der Waals surface area contributed by atoms with Gasteiger partial charge >= 0.3 is 5.97 Å². The standard InChI is InChI=1S/C20H23NO3/c1-14-8-6-7-11-17(14)15(2)12-19(22)21-18(20(23)24)13-16-9-4-3-5-10-16/h3-11,15,18H,12-13H2,1-2H3,(H,21,22)(H,23,24). The monoisotopic (exact) mass is 325 g/mol. The molecule has 2 unspecified atom stereocenters. The topological polar surface area (TPSA) is 66.4 Å². The van der Waals surface area contributed by atoms with Crippen LogP contribution in [0.25, 0.3) is 0 Å². The number of carbonyl (C=O) groups excluding carboxylic acids is 1. The van der Waals surface area contributed by atoms with Gasteiger partial charge < -0.3 is 10.4 Å². The first-order valence-electron chi connectivity index (χ1n) is 8.09. The lowest BCUT2D eigenvalue weighted by atomic mass is 9.93. The van der Waals surface area contributed by atoms with Crippen molar-refractivity contribution < 1.29 is 14.7 Å². The molecule has 4 nitrogen and oxygen atoms in total. The van der Waals surface area contributed by atoms with Crippen molar-refractivity contribution in [2.75, 3.05) is 0 Å². The minimum absolute atomic E-state index is 0.0392. The molecule has 24 heavy (non-hydrogen) atoms. The Kier molecular flexibility index (Phi) is 6.13. The molecule has 2 aromatic carbocycles. The number of hydrogen-bond acceptors (Lipinski definition) is 2. The number of carboxylic acid groups (broad SMARTS) is 1. The van der Waals surface area contributed by atoms with Crippen LogP contribution in [0, 0.1) is 6.92 Å². The van der Waals surface area contributed by atoms with Gasteiger partial charge in [-0.2, -0.15) is 0 Å². The van der Waals surface area contributed by atoms with Crippen molar-refractivity contribution in [1.29, 1.82) is 0 Å². The van der Waals surface area contributed by atoms with Gasteiger partial charge in [0, 0.05) is 12.8 Å². The quantitative estimate of drug-likeness (QED) is 0.821. The third-order valence-corrected chi connectivity index (χ3v) is 4.13. The van der Waals surface area contributed by atoms with Gasteiger partial charge in [0.25, 0.3) is 0 Å². The summed E-state index contributed by atoms with van der Waals surface area (Å²) in [6, 6.07) is 16.3. The molecule has 2 aromatic rings. The highest BCUT2D eigenvalue weighted by atomic mass is 16.4. The lowest BCUT2D eigenvalue weighted by Crippen LogP contribution is -2.42. The molecule has 0 aromatic heterocycles. The van der Waals surface area contributed by atoms with E-state index in [4.69, 9.17) is 0 Å². The molecule has 4 heteroatoms. The van der Waals surface area contributed by atoms with Crippen LogP contribution in [0.5, 0.6) is 0 Å². The predicted octanol–water partition coefficient (Wildman–Crippen LogP) is 3.30. The SMILES string of the molecule is Cc1ccccc1C(C)CC(=O)NC(Cc1ccccc1)C(=O)O. The number of aliphatic carboxylic acids is 1. The van der Waals surface area contributed by atoms with Gasteiger partial charge in [-0.15, -0.1) is 0 Å². The number of rotatable bonds is 7. The van der Waals surface area contributed by atoms with E-state index in [1.807, 2.05) is 68.4 Å².